The number of hydrogen-bond donors (Lipinski definition) is 1. The van der Waals surface area contributed by atoms with E-state index in [1.54, 1.807) is 13.1 Å². The number of nitrogens with zero attached hydrogens (tertiary/aromatic N) is 1. The molecule has 0 bridgehead atoms. The number of anilines is 1. The van der Waals surface area contributed by atoms with Gasteiger partial charge in [-0.2, -0.15) is 0 Å². The van der Waals surface area contributed by atoms with Gasteiger partial charge in [-0.15, -0.1) is 0 Å². The van der Waals surface area contributed by atoms with Gasteiger partial charge in [-0.1, -0.05) is 64.5 Å². The number of amides is 2. The minimum Gasteiger partial charge on any atom is -0.446 e. The molecule has 3 aromatic rings. The number of halogens is 1. The van der Waals surface area contributed by atoms with Crippen molar-refractivity contribution in [3.63, 3.8) is 0 Å². The summed E-state index contributed by atoms with van der Waals surface area (Å²) in [5.41, 5.74) is 4.17. The first kappa shape index (κ1) is 28.2. The molecule has 0 saturated heterocycles. The Morgan fingerprint density at radius 3 is 2.43 bits per heavy atom. The van der Waals surface area contributed by atoms with Gasteiger partial charge in [-0.25, -0.2) is 9.59 Å². The molecule has 0 aromatic heterocycles. The summed E-state index contributed by atoms with van der Waals surface area (Å²) in [5, 5.41) is 2.74. The van der Waals surface area contributed by atoms with Gasteiger partial charge < -0.3 is 23.8 Å². The van der Waals surface area contributed by atoms with Crippen molar-refractivity contribution in [3.8, 4) is 0 Å². The van der Waals surface area contributed by atoms with Crippen LogP contribution in [0.2, 0.25) is 0 Å². The summed E-state index contributed by atoms with van der Waals surface area (Å²) in [4.78, 5) is 26.4. The van der Waals surface area contributed by atoms with Crippen molar-refractivity contribution in [2.24, 2.45) is 0 Å². The van der Waals surface area contributed by atoms with Crippen LogP contribution in [0.4, 0.5) is 15.3 Å². The molecule has 8 nitrogen and oxygen atoms in total. The molecule has 9 heteroatoms. The number of rotatable bonds is 11. The van der Waals surface area contributed by atoms with Crippen molar-refractivity contribution in [2.75, 3.05) is 32.9 Å². The van der Waals surface area contributed by atoms with Crippen molar-refractivity contribution in [3.05, 3.63) is 99.5 Å². The van der Waals surface area contributed by atoms with Crippen LogP contribution >= 0.6 is 15.9 Å². The quantitative estimate of drug-likeness (QED) is 0.267. The number of aryl methyl sites for hydroxylation is 1. The first-order valence-corrected chi connectivity index (χ1v) is 12.5. The Morgan fingerprint density at radius 2 is 1.73 bits per heavy atom. The topological polar surface area (TPSA) is 86.3 Å². The summed E-state index contributed by atoms with van der Waals surface area (Å²) in [6.45, 7) is 2.53. The molecule has 0 saturated carbocycles. The average Bonchev–Trinajstić information content (AvgIpc) is 2.90. The summed E-state index contributed by atoms with van der Waals surface area (Å²) >= 11 is 3.41. The van der Waals surface area contributed by atoms with E-state index in [0.29, 0.717) is 12.2 Å². The van der Waals surface area contributed by atoms with Crippen LogP contribution in [0.5, 0.6) is 0 Å². The summed E-state index contributed by atoms with van der Waals surface area (Å²) in [7, 11) is 3.20. The lowest BCUT2D eigenvalue weighted by Gasteiger charge is -2.20. The standard InChI is InChI=1S/C28H31BrN2O6/c1-20-9-14-25(15-23(20)16-31(2)28(33)36-17-21-7-5-4-6-8-21)30-27(32)35-18-26(37-19-34-3)22-10-12-24(29)13-11-22/h4-15,26H,16-19H2,1-3H3,(H,30,32)/t26-/m0/s1. The molecule has 1 atom stereocenters. The molecule has 1 N–H and O–H groups in total. The van der Waals surface area contributed by atoms with Crippen molar-refractivity contribution >= 4 is 33.8 Å². The number of hydrogen-bond acceptors (Lipinski definition) is 6. The molecule has 0 aliphatic heterocycles. The van der Waals surface area contributed by atoms with Gasteiger partial charge in [0.05, 0.1) is 0 Å². The van der Waals surface area contributed by atoms with E-state index in [4.69, 9.17) is 18.9 Å². The molecule has 3 rings (SSSR count). The number of nitrogens with one attached hydrogen (secondary N) is 1. The average molecular weight is 571 g/mol. The van der Waals surface area contributed by atoms with E-state index in [2.05, 4.69) is 21.2 Å². The Labute approximate surface area is 225 Å². The number of ether oxygens (including phenoxy) is 4. The van der Waals surface area contributed by atoms with Crippen LogP contribution in [0.1, 0.15) is 28.4 Å². The molecule has 196 valence electrons. The number of carbonyl (C=O) groups excluding carboxylic acids is 2. The SMILES string of the molecule is COCO[C@@H](COC(=O)Nc1ccc(C)c(CN(C)C(=O)OCc2ccccc2)c1)c1ccc(Br)cc1. The summed E-state index contributed by atoms with van der Waals surface area (Å²) in [6.07, 6.45) is -1.53. The number of methoxy groups -OCH3 is 1. The maximum absolute atomic E-state index is 12.5. The smallest absolute Gasteiger partial charge is 0.411 e. The van der Waals surface area contributed by atoms with E-state index < -0.39 is 18.3 Å². The zero-order valence-corrected chi connectivity index (χ0v) is 22.7. The Bertz CT molecular complexity index is 1160. The molecule has 0 heterocycles. The minimum atomic E-state index is -0.617. The Kier molecular flexibility index (Phi) is 10.9. The largest absolute Gasteiger partial charge is 0.446 e. The molecule has 0 fully saturated rings. The van der Waals surface area contributed by atoms with E-state index in [1.807, 2.05) is 73.7 Å². The van der Waals surface area contributed by atoms with Gasteiger partial charge in [0.2, 0.25) is 0 Å². The fourth-order valence-corrected chi connectivity index (χ4v) is 3.71. The second-order valence-corrected chi connectivity index (χ2v) is 9.29. The highest BCUT2D eigenvalue weighted by Gasteiger charge is 2.17. The maximum Gasteiger partial charge on any atom is 0.411 e. The fourth-order valence-electron chi connectivity index (χ4n) is 3.44. The van der Waals surface area contributed by atoms with Crippen LogP contribution in [0.3, 0.4) is 0 Å². The maximum atomic E-state index is 12.5. The highest BCUT2D eigenvalue weighted by Crippen LogP contribution is 2.22. The van der Waals surface area contributed by atoms with E-state index in [0.717, 1.165) is 26.7 Å². The van der Waals surface area contributed by atoms with Gasteiger partial charge in [0.1, 0.15) is 26.1 Å². The third kappa shape index (κ3) is 9.20. The Hall–Kier alpha value is -3.40. The molecule has 0 aliphatic rings. The molecule has 3 aromatic carbocycles. The van der Waals surface area contributed by atoms with E-state index >= 15 is 0 Å². The van der Waals surface area contributed by atoms with Crippen molar-refractivity contribution in [1.29, 1.82) is 0 Å². The lowest BCUT2D eigenvalue weighted by atomic mass is 10.1. The van der Waals surface area contributed by atoms with Gasteiger partial charge in [0.25, 0.3) is 0 Å². The van der Waals surface area contributed by atoms with E-state index in [-0.39, 0.29) is 20.0 Å². The van der Waals surface area contributed by atoms with Gasteiger partial charge in [-0.3, -0.25) is 5.32 Å². The van der Waals surface area contributed by atoms with Crippen LogP contribution in [0, 0.1) is 6.92 Å². The normalized spacial score (nSPS) is 11.5. The predicted octanol–water partition coefficient (Wildman–Crippen LogP) is 6.44. The first-order chi connectivity index (χ1) is 17.9. The lowest BCUT2D eigenvalue weighted by Crippen LogP contribution is -2.27. The zero-order valence-electron chi connectivity index (χ0n) is 21.1. The number of carbonyl (C=O) groups is 2. The summed E-state index contributed by atoms with van der Waals surface area (Å²) in [6, 6.07) is 22.5. The van der Waals surface area contributed by atoms with Crippen LogP contribution in [0.25, 0.3) is 0 Å². The Morgan fingerprint density at radius 1 is 1.00 bits per heavy atom. The fraction of sp³-hybridized carbons (Fsp3) is 0.286. The molecule has 2 amide bonds. The Balaban J connectivity index is 1.55. The highest BCUT2D eigenvalue weighted by molar-refractivity contribution is 9.10. The van der Waals surface area contributed by atoms with Gasteiger partial charge >= 0.3 is 12.2 Å². The summed E-state index contributed by atoms with van der Waals surface area (Å²) < 4.78 is 22.4. The van der Waals surface area contributed by atoms with Crippen LogP contribution in [-0.4, -0.2) is 44.6 Å². The van der Waals surface area contributed by atoms with E-state index in [9.17, 15) is 9.59 Å². The monoisotopic (exact) mass is 570 g/mol. The van der Waals surface area contributed by atoms with E-state index in [1.165, 1.54) is 12.0 Å². The van der Waals surface area contributed by atoms with Gasteiger partial charge in [-0.05, 0) is 53.4 Å². The summed E-state index contributed by atoms with van der Waals surface area (Å²) in [5.74, 6) is 0. The molecule has 0 spiro atoms. The number of benzene rings is 3. The third-order valence-corrected chi connectivity index (χ3v) is 6.04. The van der Waals surface area contributed by atoms with Gasteiger partial charge in [0.15, 0.2) is 0 Å². The molecule has 0 unspecified atom stereocenters. The molecular formula is C28H31BrN2O6. The van der Waals surface area contributed by atoms with Gasteiger partial charge in [0, 0.05) is 30.9 Å². The second kappa shape index (κ2) is 14.4. The van der Waals surface area contributed by atoms with Crippen LogP contribution < -0.4 is 5.32 Å². The zero-order chi connectivity index (χ0) is 26.6. The lowest BCUT2D eigenvalue weighted by molar-refractivity contribution is -0.0893. The molecule has 37 heavy (non-hydrogen) atoms. The van der Waals surface area contributed by atoms with Crippen molar-refractivity contribution < 1.29 is 28.5 Å². The molecule has 0 aliphatic carbocycles. The highest BCUT2D eigenvalue weighted by atomic mass is 79.9. The van der Waals surface area contributed by atoms with Crippen molar-refractivity contribution in [2.45, 2.75) is 26.2 Å². The minimum absolute atomic E-state index is 0.00549. The molecule has 0 radical (unpaired) electrons. The van der Waals surface area contributed by atoms with Crippen molar-refractivity contribution in [1.82, 2.24) is 4.90 Å². The van der Waals surface area contributed by atoms with Crippen LogP contribution in [0.15, 0.2) is 77.3 Å². The predicted molar refractivity (Wildman–Crippen MR) is 144 cm³/mol. The van der Waals surface area contributed by atoms with Crippen LogP contribution in [-0.2, 0) is 32.1 Å². The first-order valence-electron chi connectivity index (χ1n) is 11.7. The molecular weight excluding hydrogens is 540 g/mol. The second-order valence-electron chi connectivity index (χ2n) is 8.37. The third-order valence-electron chi connectivity index (χ3n) is 5.51.